The molecule has 0 spiro atoms. The third-order valence-corrected chi connectivity index (χ3v) is 3.60. The lowest BCUT2D eigenvalue weighted by Crippen LogP contribution is -2.06. The van der Waals surface area contributed by atoms with E-state index in [0.29, 0.717) is 9.75 Å². The maximum absolute atomic E-state index is 12.9. The predicted molar refractivity (Wildman–Crippen MR) is 71.4 cm³/mol. The van der Waals surface area contributed by atoms with Crippen LogP contribution in [0.4, 0.5) is 13.2 Å². The van der Waals surface area contributed by atoms with Crippen molar-refractivity contribution < 1.29 is 23.1 Å². The van der Waals surface area contributed by atoms with E-state index in [9.17, 15) is 18.0 Å². The van der Waals surface area contributed by atoms with E-state index in [0.717, 1.165) is 23.5 Å². The number of benzene rings is 1. The Morgan fingerprint density at radius 3 is 2.50 bits per heavy atom. The number of alkyl halides is 3. The molecule has 0 fully saturated rings. The molecule has 0 amide bonds. The minimum Gasteiger partial charge on any atom is -0.478 e. The predicted octanol–water partition coefficient (Wildman–Crippen LogP) is 4.53. The zero-order chi connectivity index (χ0) is 14.8. The first-order valence-electron chi connectivity index (χ1n) is 5.55. The van der Waals surface area contributed by atoms with Crippen LogP contribution in [0.3, 0.4) is 0 Å². The Bertz CT molecular complexity index is 656. The van der Waals surface area contributed by atoms with Gasteiger partial charge < -0.3 is 5.11 Å². The summed E-state index contributed by atoms with van der Waals surface area (Å²) in [6.45, 7) is 0. The van der Waals surface area contributed by atoms with Gasteiger partial charge in [0.15, 0.2) is 0 Å². The van der Waals surface area contributed by atoms with E-state index in [1.165, 1.54) is 24.3 Å². The molecule has 20 heavy (non-hydrogen) atoms. The SMILES string of the molecule is O=C(O)C=Cc1ccc(-c2ccccc2C(F)(F)F)s1. The van der Waals surface area contributed by atoms with E-state index in [1.54, 1.807) is 12.1 Å². The summed E-state index contributed by atoms with van der Waals surface area (Å²) in [5.41, 5.74) is -0.601. The van der Waals surface area contributed by atoms with Gasteiger partial charge in [-0.1, -0.05) is 18.2 Å². The van der Waals surface area contributed by atoms with Crippen LogP contribution in [0.15, 0.2) is 42.5 Å². The van der Waals surface area contributed by atoms with Gasteiger partial charge in [-0.05, 0) is 24.3 Å². The van der Waals surface area contributed by atoms with Gasteiger partial charge in [0.05, 0.1) is 5.56 Å². The first kappa shape index (κ1) is 14.3. The van der Waals surface area contributed by atoms with Crippen molar-refractivity contribution in [2.75, 3.05) is 0 Å². The van der Waals surface area contributed by atoms with Gasteiger partial charge in [0.2, 0.25) is 0 Å². The fourth-order valence-corrected chi connectivity index (χ4v) is 2.64. The number of rotatable bonds is 3. The molecule has 1 aromatic carbocycles. The van der Waals surface area contributed by atoms with Gasteiger partial charge in [0.25, 0.3) is 0 Å². The summed E-state index contributed by atoms with van der Waals surface area (Å²) in [6, 6.07) is 8.45. The number of carboxylic acid groups (broad SMARTS) is 1. The Hall–Kier alpha value is -2.08. The number of halogens is 3. The van der Waals surface area contributed by atoms with Crippen LogP contribution in [0.5, 0.6) is 0 Å². The lowest BCUT2D eigenvalue weighted by atomic mass is 10.1. The summed E-state index contributed by atoms with van der Waals surface area (Å²) < 4.78 is 38.7. The van der Waals surface area contributed by atoms with E-state index in [2.05, 4.69) is 0 Å². The van der Waals surface area contributed by atoms with Gasteiger partial charge in [-0.25, -0.2) is 4.79 Å². The molecule has 0 radical (unpaired) electrons. The Labute approximate surface area is 116 Å². The van der Waals surface area contributed by atoms with Crippen LogP contribution in [-0.2, 0) is 11.0 Å². The topological polar surface area (TPSA) is 37.3 Å². The second-order valence-electron chi connectivity index (χ2n) is 3.92. The number of carboxylic acids is 1. The van der Waals surface area contributed by atoms with Gasteiger partial charge >= 0.3 is 12.1 Å². The smallest absolute Gasteiger partial charge is 0.417 e. The molecule has 0 aliphatic rings. The van der Waals surface area contributed by atoms with Crippen molar-refractivity contribution >= 4 is 23.4 Å². The molecule has 6 heteroatoms. The average molecular weight is 298 g/mol. The van der Waals surface area contributed by atoms with Gasteiger partial charge in [-0.3, -0.25) is 0 Å². The number of hydrogen-bond acceptors (Lipinski definition) is 2. The molecule has 0 saturated heterocycles. The van der Waals surface area contributed by atoms with Crippen molar-refractivity contribution in [1.29, 1.82) is 0 Å². The van der Waals surface area contributed by atoms with Gasteiger partial charge in [-0.15, -0.1) is 11.3 Å². The lowest BCUT2D eigenvalue weighted by molar-refractivity contribution is -0.137. The molecule has 2 rings (SSSR count). The third kappa shape index (κ3) is 3.27. The summed E-state index contributed by atoms with van der Waals surface area (Å²) in [4.78, 5) is 11.4. The molecule has 0 atom stereocenters. The molecule has 0 aliphatic carbocycles. The maximum Gasteiger partial charge on any atom is 0.417 e. The van der Waals surface area contributed by atoms with Crippen molar-refractivity contribution in [3.8, 4) is 10.4 Å². The van der Waals surface area contributed by atoms with Crippen LogP contribution in [0.2, 0.25) is 0 Å². The van der Waals surface area contributed by atoms with Crippen LogP contribution in [0.25, 0.3) is 16.5 Å². The standard InChI is InChI=1S/C14H9F3O2S/c15-14(16,17)11-4-2-1-3-10(11)12-7-5-9(20-12)6-8-13(18)19/h1-8H,(H,18,19). The molecule has 1 heterocycles. The van der Waals surface area contributed by atoms with Crippen molar-refractivity contribution in [1.82, 2.24) is 0 Å². The van der Waals surface area contributed by atoms with Gasteiger partial charge in [0, 0.05) is 21.4 Å². The van der Waals surface area contributed by atoms with Gasteiger partial charge in [-0.2, -0.15) is 13.2 Å². The van der Waals surface area contributed by atoms with Crippen LogP contribution < -0.4 is 0 Å². The highest BCUT2D eigenvalue weighted by molar-refractivity contribution is 7.16. The zero-order valence-electron chi connectivity index (χ0n) is 10.0. The lowest BCUT2D eigenvalue weighted by Gasteiger charge is -2.10. The normalized spacial score (nSPS) is 11.9. The summed E-state index contributed by atoms with van der Waals surface area (Å²) >= 11 is 1.11. The minimum atomic E-state index is -4.42. The number of hydrogen-bond donors (Lipinski definition) is 1. The van der Waals surface area contributed by atoms with Crippen LogP contribution in [0, 0.1) is 0 Å². The van der Waals surface area contributed by atoms with E-state index in [1.807, 2.05) is 0 Å². The fourth-order valence-electron chi connectivity index (χ4n) is 1.69. The molecule has 0 unspecified atom stereocenters. The van der Waals surface area contributed by atoms with Crippen molar-refractivity contribution in [3.05, 3.63) is 52.9 Å². The second-order valence-corrected chi connectivity index (χ2v) is 5.03. The summed E-state index contributed by atoms with van der Waals surface area (Å²) in [7, 11) is 0. The van der Waals surface area contributed by atoms with Crippen molar-refractivity contribution in [3.63, 3.8) is 0 Å². The van der Waals surface area contributed by atoms with E-state index in [4.69, 9.17) is 5.11 Å². The summed E-state index contributed by atoms with van der Waals surface area (Å²) in [6.07, 6.45) is -2.12. The highest BCUT2D eigenvalue weighted by atomic mass is 32.1. The molecule has 0 aliphatic heterocycles. The molecular weight excluding hydrogens is 289 g/mol. The Morgan fingerprint density at radius 2 is 1.85 bits per heavy atom. The number of aliphatic carboxylic acids is 1. The molecule has 2 nitrogen and oxygen atoms in total. The number of thiophene rings is 1. The van der Waals surface area contributed by atoms with Crippen molar-refractivity contribution in [2.24, 2.45) is 0 Å². The molecule has 0 saturated carbocycles. The zero-order valence-corrected chi connectivity index (χ0v) is 10.8. The van der Waals surface area contributed by atoms with E-state index >= 15 is 0 Å². The maximum atomic E-state index is 12.9. The molecule has 0 bridgehead atoms. The molecule has 1 aromatic heterocycles. The van der Waals surface area contributed by atoms with Gasteiger partial charge in [0.1, 0.15) is 0 Å². The minimum absolute atomic E-state index is 0.0972. The Morgan fingerprint density at radius 1 is 1.15 bits per heavy atom. The number of carbonyl (C=O) groups is 1. The molecule has 1 N–H and O–H groups in total. The van der Waals surface area contributed by atoms with Crippen LogP contribution in [-0.4, -0.2) is 11.1 Å². The third-order valence-electron chi connectivity index (χ3n) is 2.51. The largest absolute Gasteiger partial charge is 0.478 e. The Balaban J connectivity index is 2.41. The fraction of sp³-hybridized carbons (Fsp3) is 0.0714. The van der Waals surface area contributed by atoms with Crippen LogP contribution >= 0.6 is 11.3 Å². The van der Waals surface area contributed by atoms with E-state index < -0.39 is 17.7 Å². The average Bonchev–Trinajstić information content (AvgIpc) is 2.84. The monoisotopic (exact) mass is 298 g/mol. The van der Waals surface area contributed by atoms with Crippen LogP contribution in [0.1, 0.15) is 10.4 Å². The van der Waals surface area contributed by atoms with E-state index in [-0.39, 0.29) is 5.56 Å². The molecule has 104 valence electrons. The summed E-state index contributed by atoms with van der Waals surface area (Å²) in [5, 5.41) is 8.52. The highest BCUT2D eigenvalue weighted by Gasteiger charge is 2.33. The highest BCUT2D eigenvalue weighted by Crippen LogP contribution is 2.39. The summed E-state index contributed by atoms with van der Waals surface area (Å²) in [5.74, 6) is -1.10. The molecule has 2 aromatic rings. The first-order chi connectivity index (χ1) is 9.38. The second kappa shape index (κ2) is 5.50. The molecular formula is C14H9F3O2S. The van der Waals surface area contributed by atoms with Crippen molar-refractivity contribution in [2.45, 2.75) is 6.18 Å². The quantitative estimate of drug-likeness (QED) is 0.845. The Kier molecular flexibility index (Phi) is 3.94. The first-order valence-corrected chi connectivity index (χ1v) is 6.37.